The Hall–Kier alpha value is -3.50. The first kappa shape index (κ1) is 22.2. The highest BCUT2D eigenvalue weighted by molar-refractivity contribution is 7.86. The zero-order valence-corrected chi connectivity index (χ0v) is 17.2. The van der Waals surface area contributed by atoms with Crippen LogP contribution in [0.3, 0.4) is 0 Å². The van der Waals surface area contributed by atoms with E-state index in [1.807, 2.05) is 0 Å². The van der Waals surface area contributed by atoms with Crippen molar-refractivity contribution in [3.63, 3.8) is 0 Å². The fourth-order valence-corrected chi connectivity index (χ4v) is 3.58. The number of hydrogen-bond donors (Lipinski definition) is 0. The Balaban J connectivity index is 2.19. The second kappa shape index (κ2) is 9.11. The van der Waals surface area contributed by atoms with Crippen molar-refractivity contribution in [3.8, 4) is 11.8 Å². The lowest BCUT2D eigenvalue weighted by Gasteiger charge is -2.16. The van der Waals surface area contributed by atoms with Gasteiger partial charge in [-0.05, 0) is 36.8 Å². The Morgan fingerprint density at radius 3 is 1.94 bits per heavy atom. The van der Waals surface area contributed by atoms with Gasteiger partial charge in [0.15, 0.2) is 0 Å². The zero-order valence-electron chi connectivity index (χ0n) is 16.3. The van der Waals surface area contributed by atoms with Gasteiger partial charge in [-0.15, -0.1) is 0 Å². The summed E-state index contributed by atoms with van der Waals surface area (Å²) in [7, 11) is -4.74. The summed E-state index contributed by atoms with van der Waals surface area (Å²) in [6, 6.07) is 21.2. The molecular formula is C24H17F3O3S. The summed E-state index contributed by atoms with van der Waals surface area (Å²) >= 11 is 0. The van der Waals surface area contributed by atoms with Gasteiger partial charge in [0.25, 0.3) is 0 Å². The standard InChI is InChI=1S/C24H17F3O3S/c1-18-12-15-21(16-13-18)31(28,29)30-23(24(25,26)27)22(20-10-6-3-7-11-20)17-14-19-8-4-2-5-9-19/h2-13,15-16H,1H3/b23-22+. The van der Waals surface area contributed by atoms with Crippen LogP contribution in [0, 0.1) is 18.8 Å². The Kier molecular flexibility index (Phi) is 6.52. The molecule has 7 heteroatoms. The van der Waals surface area contributed by atoms with Crippen LogP contribution in [0.25, 0.3) is 5.57 Å². The van der Waals surface area contributed by atoms with E-state index in [1.165, 1.54) is 48.5 Å². The first-order valence-corrected chi connectivity index (χ1v) is 10.5. The van der Waals surface area contributed by atoms with Gasteiger partial charge >= 0.3 is 16.3 Å². The minimum absolute atomic E-state index is 0.0809. The van der Waals surface area contributed by atoms with Crippen molar-refractivity contribution < 1.29 is 25.8 Å². The third kappa shape index (κ3) is 5.77. The lowest BCUT2D eigenvalue weighted by Crippen LogP contribution is -2.20. The first-order valence-electron chi connectivity index (χ1n) is 9.12. The predicted octanol–water partition coefficient (Wildman–Crippen LogP) is 5.73. The fraction of sp³-hybridized carbons (Fsp3) is 0.0833. The lowest BCUT2D eigenvalue weighted by molar-refractivity contribution is -0.114. The SMILES string of the molecule is Cc1ccc(S(=O)(=O)O/C(=C(\C#Cc2ccccc2)c2ccccc2)C(F)(F)F)cc1. The van der Waals surface area contributed by atoms with Crippen molar-refractivity contribution in [1.29, 1.82) is 0 Å². The van der Waals surface area contributed by atoms with Gasteiger partial charge < -0.3 is 4.18 Å². The molecule has 3 nitrogen and oxygen atoms in total. The Bertz CT molecular complexity index is 1230. The van der Waals surface area contributed by atoms with Gasteiger partial charge in [0, 0.05) is 5.56 Å². The molecule has 0 radical (unpaired) electrons. The highest BCUT2D eigenvalue weighted by Crippen LogP contribution is 2.35. The number of halogens is 3. The van der Waals surface area contributed by atoms with Crippen LogP contribution in [-0.2, 0) is 14.3 Å². The van der Waals surface area contributed by atoms with Gasteiger partial charge in [0.05, 0.1) is 5.57 Å². The van der Waals surface area contributed by atoms with E-state index in [-0.39, 0.29) is 10.5 Å². The van der Waals surface area contributed by atoms with Gasteiger partial charge in [0.1, 0.15) is 4.90 Å². The average Bonchev–Trinajstić information content (AvgIpc) is 2.74. The summed E-state index contributed by atoms with van der Waals surface area (Å²) in [5, 5.41) is 0. The van der Waals surface area contributed by atoms with Gasteiger partial charge in [-0.3, -0.25) is 0 Å². The van der Waals surface area contributed by atoms with Gasteiger partial charge in [-0.2, -0.15) is 21.6 Å². The Labute approximate surface area is 178 Å². The van der Waals surface area contributed by atoms with Crippen molar-refractivity contribution in [3.05, 3.63) is 107 Å². The molecule has 3 aromatic carbocycles. The molecule has 0 amide bonds. The van der Waals surface area contributed by atoms with E-state index < -0.39 is 27.6 Å². The monoisotopic (exact) mass is 442 g/mol. The van der Waals surface area contributed by atoms with Crippen molar-refractivity contribution in [2.75, 3.05) is 0 Å². The number of hydrogen-bond acceptors (Lipinski definition) is 3. The van der Waals surface area contributed by atoms with E-state index in [2.05, 4.69) is 16.0 Å². The second-order valence-corrected chi connectivity index (χ2v) is 8.08. The van der Waals surface area contributed by atoms with Crippen LogP contribution in [0.1, 0.15) is 16.7 Å². The van der Waals surface area contributed by atoms with Crippen molar-refractivity contribution >= 4 is 15.7 Å². The number of allylic oxidation sites excluding steroid dienone is 2. The summed E-state index contributed by atoms with van der Waals surface area (Å²) in [4.78, 5) is -0.386. The predicted molar refractivity (Wildman–Crippen MR) is 112 cm³/mol. The van der Waals surface area contributed by atoms with Crippen molar-refractivity contribution in [2.24, 2.45) is 0 Å². The molecular weight excluding hydrogens is 425 g/mol. The Morgan fingerprint density at radius 1 is 0.839 bits per heavy atom. The molecule has 3 rings (SSSR count). The molecule has 0 aliphatic carbocycles. The number of alkyl halides is 3. The van der Waals surface area contributed by atoms with Crippen LogP contribution in [0.5, 0.6) is 0 Å². The van der Waals surface area contributed by atoms with Crippen LogP contribution in [0.15, 0.2) is 95.6 Å². The molecule has 0 saturated carbocycles. The van der Waals surface area contributed by atoms with Crippen LogP contribution in [0.4, 0.5) is 13.2 Å². The molecule has 0 N–H and O–H groups in total. The fourth-order valence-electron chi connectivity index (χ4n) is 2.61. The summed E-state index contributed by atoms with van der Waals surface area (Å²) in [6.45, 7) is 1.73. The lowest BCUT2D eigenvalue weighted by atomic mass is 10.0. The summed E-state index contributed by atoms with van der Waals surface area (Å²) in [6.07, 6.45) is -5.10. The highest BCUT2D eigenvalue weighted by atomic mass is 32.2. The normalized spacial score (nSPS) is 12.4. The zero-order chi connectivity index (χ0) is 22.5. The molecule has 158 valence electrons. The molecule has 0 aliphatic rings. The minimum atomic E-state index is -5.10. The first-order chi connectivity index (χ1) is 14.7. The van der Waals surface area contributed by atoms with E-state index >= 15 is 0 Å². The molecule has 0 unspecified atom stereocenters. The maximum atomic E-state index is 14.0. The molecule has 0 aliphatic heterocycles. The summed E-state index contributed by atoms with van der Waals surface area (Å²) < 4.78 is 71.8. The van der Waals surface area contributed by atoms with Gasteiger partial charge in [-0.1, -0.05) is 78.1 Å². The molecule has 0 saturated heterocycles. The third-order valence-electron chi connectivity index (χ3n) is 4.16. The molecule has 0 heterocycles. The Morgan fingerprint density at radius 2 is 1.39 bits per heavy atom. The van der Waals surface area contributed by atoms with Crippen LogP contribution in [-0.4, -0.2) is 14.6 Å². The molecule has 0 fully saturated rings. The second-order valence-electron chi connectivity index (χ2n) is 6.53. The van der Waals surface area contributed by atoms with E-state index in [0.717, 1.165) is 5.56 Å². The largest absolute Gasteiger partial charge is 0.452 e. The third-order valence-corrected chi connectivity index (χ3v) is 5.39. The van der Waals surface area contributed by atoms with Crippen LogP contribution >= 0.6 is 0 Å². The summed E-state index contributed by atoms with van der Waals surface area (Å²) in [5.41, 5.74) is 0.730. The molecule has 31 heavy (non-hydrogen) atoms. The average molecular weight is 442 g/mol. The molecule has 0 spiro atoms. The minimum Gasteiger partial charge on any atom is -0.372 e. The topological polar surface area (TPSA) is 43.4 Å². The van der Waals surface area contributed by atoms with E-state index in [0.29, 0.717) is 5.56 Å². The van der Waals surface area contributed by atoms with E-state index in [9.17, 15) is 21.6 Å². The maximum Gasteiger partial charge on any atom is 0.452 e. The highest BCUT2D eigenvalue weighted by Gasteiger charge is 2.42. The van der Waals surface area contributed by atoms with Gasteiger partial charge in [-0.25, -0.2) is 0 Å². The molecule has 3 aromatic rings. The molecule has 0 aromatic heterocycles. The molecule has 0 atom stereocenters. The maximum absolute atomic E-state index is 14.0. The smallest absolute Gasteiger partial charge is 0.372 e. The van der Waals surface area contributed by atoms with Crippen LogP contribution < -0.4 is 0 Å². The summed E-state index contributed by atoms with van der Waals surface area (Å²) in [5.74, 6) is 3.42. The number of benzene rings is 3. The van der Waals surface area contributed by atoms with E-state index in [4.69, 9.17) is 0 Å². The van der Waals surface area contributed by atoms with E-state index in [1.54, 1.807) is 43.3 Å². The van der Waals surface area contributed by atoms with Gasteiger partial charge in [0.2, 0.25) is 5.76 Å². The molecule has 0 bridgehead atoms. The van der Waals surface area contributed by atoms with Crippen molar-refractivity contribution in [1.82, 2.24) is 0 Å². The quantitative estimate of drug-likeness (QED) is 0.295. The van der Waals surface area contributed by atoms with Crippen molar-refractivity contribution in [2.45, 2.75) is 18.0 Å². The number of aryl methyl sites for hydroxylation is 1. The van der Waals surface area contributed by atoms with Crippen LogP contribution in [0.2, 0.25) is 0 Å². The number of rotatable bonds is 4.